The summed E-state index contributed by atoms with van der Waals surface area (Å²) in [5.74, 6) is -0.505. The number of rotatable bonds is 4. The van der Waals surface area contributed by atoms with Crippen LogP contribution in [0.2, 0.25) is 0 Å². The molecule has 8 heteroatoms. The van der Waals surface area contributed by atoms with E-state index in [0.717, 1.165) is 43.1 Å². The lowest BCUT2D eigenvalue weighted by atomic mass is 10.1. The van der Waals surface area contributed by atoms with Crippen molar-refractivity contribution in [1.82, 2.24) is 5.43 Å². The smallest absolute Gasteiger partial charge is 0.292 e. The maximum atomic E-state index is 12.8. The van der Waals surface area contributed by atoms with E-state index in [0.29, 0.717) is 11.4 Å². The van der Waals surface area contributed by atoms with E-state index < -0.39 is 0 Å². The van der Waals surface area contributed by atoms with Crippen molar-refractivity contribution in [2.24, 2.45) is 4.99 Å². The average Bonchev–Trinajstić information content (AvgIpc) is 2.77. The zero-order chi connectivity index (χ0) is 21.1. The van der Waals surface area contributed by atoms with Crippen LogP contribution >= 0.6 is 0 Å². The van der Waals surface area contributed by atoms with Crippen LogP contribution in [0.15, 0.2) is 47.5 Å². The lowest BCUT2D eigenvalue weighted by Crippen LogP contribution is -2.54. The van der Waals surface area contributed by atoms with E-state index in [9.17, 15) is 9.59 Å². The van der Waals surface area contributed by atoms with Crippen LogP contribution in [-0.4, -0.2) is 50.5 Å². The molecular weight excluding hydrogens is 382 g/mol. The van der Waals surface area contributed by atoms with Gasteiger partial charge in [-0.15, -0.1) is 0 Å². The van der Waals surface area contributed by atoms with Crippen LogP contribution in [0.1, 0.15) is 11.1 Å². The molecule has 0 spiro atoms. The molecule has 2 aliphatic rings. The lowest BCUT2D eigenvalue weighted by molar-refractivity contribution is -0.118. The first-order chi connectivity index (χ1) is 14.5. The van der Waals surface area contributed by atoms with Gasteiger partial charge < -0.3 is 15.0 Å². The Hall–Kier alpha value is -3.39. The molecule has 1 saturated heterocycles. The van der Waals surface area contributed by atoms with Crippen molar-refractivity contribution in [1.29, 1.82) is 0 Å². The maximum Gasteiger partial charge on any atom is 0.292 e. The highest BCUT2D eigenvalue weighted by Crippen LogP contribution is 2.24. The van der Waals surface area contributed by atoms with Gasteiger partial charge in [0, 0.05) is 24.5 Å². The highest BCUT2D eigenvalue weighted by atomic mass is 16.5. The van der Waals surface area contributed by atoms with Gasteiger partial charge in [0.2, 0.25) is 5.84 Å². The molecule has 0 radical (unpaired) electrons. The number of benzene rings is 2. The van der Waals surface area contributed by atoms with Crippen molar-refractivity contribution in [3.05, 3.63) is 53.6 Å². The van der Waals surface area contributed by atoms with Crippen molar-refractivity contribution < 1.29 is 14.3 Å². The van der Waals surface area contributed by atoms with Gasteiger partial charge in [-0.25, -0.2) is 5.01 Å². The van der Waals surface area contributed by atoms with Gasteiger partial charge in [-0.2, -0.15) is 0 Å². The van der Waals surface area contributed by atoms with Crippen LogP contribution in [0.4, 0.5) is 17.1 Å². The van der Waals surface area contributed by atoms with E-state index in [4.69, 9.17) is 4.74 Å². The maximum absolute atomic E-state index is 12.8. The van der Waals surface area contributed by atoms with Gasteiger partial charge in [0.1, 0.15) is 6.54 Å². The molecule has 0 atom stereocenters. The number of hydrazine groups is 1. The SMILES string of the molecule is Cc1ccc(N2NC(C(=O)Nc3ccc(N4CCOCC4)cc3C)=NCC2=O)cc1. The van der Waals surface area contributed by atoms with E-state index in [2.05, 4.69) is 26.7 Å². The minimum atomic E-state index is -0.387. The number of aryl methyl sites for hydroxylation is 2. The number of anilines is 3. The molecule has 156 valence electrons. The largest absolute Gasteiger partial charge is 0.378 e. The van der Waals surface area contributed by atoms with Crippen molar-refractivity contribution >= 4 is 34.7 Å². The molecule has 4 rings (SSSR count). The van der Waals surface area contributed by atoms with E-state index in [-0.39, 0.29) is 24.2 Å². The molecule has 1 fully saturated rings. The molecular formula is C22H25N5O3. The minimum absolute atomic E-state index is 0.0847. The Morgan fingerprint density at radius 3 is 2.47 bits per heavy atom. The summed E-state index contributed by atoms with van der Waals surface area (Å²) in [5, 5.41) is 4.25. The zero-order valence-electron chi connectivity index (χ0n) is 17.1. The number of aliphatic imine (C=N–C) groups is 1. The third-order valence-electron chi connectivity index (χ3n) is 5.18. The van der Waals surface area contributed by atoms with Gasteiger partial charge in [0.15, 0.2) is 0 Å². The highest BCUT2D eigenvalue weighted by Gasteiger charge is 2.26. The molecule has 2 N–H and O–H groups in total. The van der Waals surface area contributed by atoms with Crippen LogP contribution in [0.5, 0.6) is 0 Å². The number of ether oxygens (including phenoxy) is 1. The molecule has 2 heterocycles. The van der Waals surface area contributed by atoms with Crippen LogP contribution in [0, 0.1) is 13.8 Å². The topological polar surface area (TPSA) is 86.3 Å². The number of hydrogen-bond acceptors (Lipinski definition) is 6. The minimum Gasteiger partial charge on any atom is -0.378 e. The highest BCUT2D eigenvalue weighted by molar-refractivity contribution is 6.43. The fraction of sp³-hybridized carbons (Fsp3) is 0.318. The lowest BCUT2D eigenvalue weighted by Gasteiger charge is -2.29. The number of amides is 2. The van der Waals surface area contributed by atoms with Crippen molar-refractivity contribution in [3.8, 4) is 0 Å². The second-order valence-corrected chi connectivity index (χ2v) is 7.39. The molecule has 0 aromatic heterocycles. The Morgan fingerprint density at radius 1 is 1.07 bits per heavy atom. The van der Waals surface area contributed by atoms with Gasteiger partial charge in [-0.3, -0.25) is 20.0 Å². The summed E-state index contributed by atoms with van der Waals surface area (Å²) in [6.07, 6.45) is 0. The molecule has 2 aliphatic heterocycles. The fourth-order valence-corrected chi connectivity index (χ4v) is 3.43. The predicted molar refractivity (Wildman–Crippen MR) is 117 cm³/mol. The van der Waals surface area contributed by atoms with Crippen molar-refractivity contribution in [2.45, 2.75) is 13.8 Å². The first kappa shape index (κ1) is 19.9. The van der Waals surface area contributed by atoms with Crippen molar-refractivity contribution in [2.75, 3.05) is 48.1 Å². The van der Waals surface area contributed by atoms with Crippen LogP contribution in [0.25, 0.3) is 0 Å². The number of morpholine rings is 1. The Kier molecular flexibility index (Phi) is 5.67. The third kappa shape index (κ3) is 4.28. The van der Waals surface area contributed by atoms with E-state index in [1.54, 1.807) is 0 Å². The summed E-state index contributed by atoms with van der Waals surface area (Å²) < 4.78 is 5.40. The third-order valence-corrected chi connectivity index (χ3v) is 5.18. The Balaban J connectivity index is 1.45. The molecule has 2 aromatic carbocycles. The van der Waals surface area contributed by atoms with Crippen molar-refractivity contribution in [3.63, 3.8) is 0 Å². The van der Waals surface area contributed by atoms with Gasteiger partial charge in [0.05, 0.1) is 18.9 Å². The summed E-state index contributed by atoms with van der Waals surface area (Å²) in [7, 11) is 0. The molecule has 0 unspecified atom stereocenters. The summed E-state index contributed by atoms with van der Waals surface area (Å²) in [6, 6.07) is 13.4. The fourth-order valence-electron chi connectivity index (χ4n) is 3.43. The Morgan fingerprint density at radius 2 is 1.77 bits per heavy atom. The molecule has 0 aliphatic carbocycles. The molecule has 8 nitrogen and oxygen atoms in total. The van der Waals surface area contributed by atoms with Crippen LogP contribution in [0.3, 0.4) is 0 Å². The van der Waals surface area contributed by atoms with E-state index in [1.165, 1.54) is 5.01 Å². The second kappa shape index (κ2) is 8.54. The van der Waals surface area contributed by atoms with Crippen LogP contribution in [-0.2, 0) is 14.3 Å². The first-order valence-corrected chi connectivity index (χ1v) is 9.97. The number of nitrogens with one attached hydrogen (secondary N) is 2. The molecule has 2 aromatic rings. The molecule has 0 bridgehead atoms. The predicted octanol–water partition coefficient (Wildman–Crippen LogP) is 2.03. The normalized spacial score (nSPS) is 16.7. The monoisotopic (exact) mass is 407 g/mol. The second-order valence-electron chi connectivity index (χ2n) is 7.39. The summed E-state index contributed by atoms with van der Waals surface area (Å²) in [5.41, 5.74) is 7.37. The number of amidine groups is 1. The first-order valence-electron chi connectivity index (χ1n) is 9.97. The quantitative estimate of drug-likeness (QED) is 0.810. The van der Waals surface area contributed by atoms with E-state index in [1.807, 2.05) is 50.2 Å². The number of hydrogen-bond donors (Lipinski definition) is 2. The van der Waals surface area contributed by atoms with Gasteiger partial charge >= 0.3 is 0 Å². The zero-order valence-corrected chi connectivity index (χ0v) is 17.1. The summed E-state index contributed by atoms with van der Waals surface area (Å²) >= 11 is 0. The van der Waals surface area contributed by atoms with Gasteiger partial charge in [0.25, 0.3) is 11.8 Å². The molecule has 0 saturated carbocycles. The number of carbonyl (C=O) groups excluding carboxylic acids is 2. The number of nitrogens with zero attached hydrogens (tertiary/aromatic N) is 3. The van der Waals surface area contributed by atoms with Gasteiger partial charge in [-0.05, 0) is 49.7 Å². The van der Waals surface area contributed by atoms with Gasteiger partial charge in [-0.1, -0.05) is 17.7 Å². The molecule has 2 amide bonds. The molecule has 30 heavy (non-hydrogen) atoms. The van der Waals surface area contributed by atoms with E-state index >= 15 is 0 Å². The average molecular weight is 407 g/mol. The standard InChI is InChI=1S/C22H25N5O3/c1-15-3-5-17(6-4-15)27-20(28)14-23-21(25-27)22(29)24-19-8-7-18(13-16(19)2)26-9-11-30-12-10-26/h3-8,13H,9-12,14H2,1-2H3,(H,23,25)(H,24,29). The van der Waals surface area contributed by atoms with Crippen LogP contribution < -0.4 is 20.7 Å². The number of carbonyl (C=O) groups is 2. The Bertz CT molecular complexity index is 981. The summed E-state index contributed by atoms with van der Waals surface area (Å²) in [4.78, 5) is 31.4. The summed E-state index contributed by atoms with van der Waals surface area (Å²) in [6.45, 7) is 7.00. The Labute approximate surface area is 175 Å².